The molecule has 1 aromatic rings. The smallest absolute Gasteiger partial charge is 0.236 e. The first kappa shape index (κ1) is 13.6. The summed E-state index contributed by atoms with van der Waals surface area (Å²) in [6.07, 6.45) is 8.45. The molecule has 0 saturated carbocycles. The van der Waals surface area contributed by atoms with Gasteiger partial charge >= 0.3 is 0 Å². The van der Waals surface area contributed by atoms with Gasteiger partial charge in [0.05, 0.1) is 19.1 Å². The number of hydrogen-bond donors (Lipinski definition) is 1. The summed E-state index contributed by atoms with van der Waals surface area (Å²) in [5.74, 6) is 2.57. The van der Waals surface area contributed by atoms with E-state index in [-0.39, 0.29) is 11.9 Å². The molecule has 3 nitrogen and oxygen atoms in total. The van der Waals surface area contributed by atoms with Crippen molar-refractivity contribution in [1.82, 2.24) is 10.2 Å². The number of aryl methyl sites for hydroxylation is 1. The molecule has 1 amide bonds. The van der Waals surface area contributed by atoms with Crippen molar-refractivity contribution in [3.8, 4) is 12.3 Å². The van der Waals surface area contributed by atoms with Gasteiger partial charge in [-0.1, -0.05) is 30.2 Å². The predicted octanol–water partition coefficient (Wildman–Crippen LogP) is 1.75. The van der Waals surface area contributed by atoms with Gasteiger partial charge in [-0.15, -0.1) is 6.42 Å². The van der Waals surface area contributed by atoms with E-state index in [1.54, 1.807) is 0 Å². The molecule has 1 aliphatic rings. The molecule has 0 fully saturated rings. The zero-order chi connectivity index (χ0) is 13.7. The van der Waals surface area contributed by atoms with E-state index in [0.29, 0.717) is 13.1 Å². The highest BCUT2D eigenvalue weighted by Crippen LogP contribution is 2.33. The molecule has 0 saturated heterocycles. The lowest BCUT2D eigenvalue weighted by molar-refractivity contribution is -0.131. The van der Waals surface area contributed by atoms with Crippen LogP contribution in [0.3, 0.4) is 0 Å². The van der Waals surface area contributed by atoms with Gasteiger partial charge in [-0.3, -0.25) is 10.1 Å². The average molecular weight is 256 g/mol. The standard InChI is InChI=1S/C16H20N2O/c1-3-11-17-12-16(19)18(2)15-10-6-8-13-7-4-5-9-14(13)15/h1,4-5,7,9,15,17H,6,8,10-12H2,2H3. The summed E-state index contributed by atoms with van der Waals surface area (Å²) in [6.45, 7) is 0.736. The van der Waals surface area contributed by atoms with Crippen molar-refractivity contribution in [2.75, 3.05) is 20.1 Å². The highest BCUT2D eigenvalue weighted by molar-refractivity contribution is 5.78. The number of fused-ring (bicyclic) bond motifs is 1. The molecule has 0 aliphatic heterocycles. The molecule has 1 aliphatic carbocycles. The zero-order valence-corrected chi connectivity index (χ0v) is 11.4. The number of likely N-dealkylation sites (N-methyl/N-ethyl adjacent to an activating group) is 1. The van der Waals surface area contributed by atoms with Crippen LogP contribution in [-0.4, -0.2) is 30.9 Å². The van der Waals surface area contributed by atoms with E-state index in [1.807, 2.05) is 18.0 Å². The van der Waals surface area contributed by atoms with E-state index in [1.165, 1.54) is 11.1 Å². The van der Waals surface area contributed by atoms with Gasteiger partial charge < -0.3 is 4.90 Å². The first-order valence-electron chi connectivity index (χ1n) is 6.71. The van der Waals surface area contributed by atoms with Crippen LogP contribution < -0.4 is 5.32 Å². The number of amides is 1. The summed E-state index contributed by atoms with van der Waals surface area (Å²) in [5.41, 5.74) is 2.66. The number of nitrogens with zero attached hydrogens (tertiary/aromatic N) is 1. The zero-order valence-electron chi connectivity index (χ0n) is 11.4. The van der Waals surface area contributed by atoms with E-state index in [0.717, 1.165) is 19.3 Å². The van der Waals surface area contributed by atoms with E-state index in [2.05, 4.69) is 29.4 Å². The molecule has 0 aromatic heterocycles. The molecule has 1 unspecified atom stereocenters. The number of terminal acetylenes is 1. The highest BCUT2D eigenvalue weighted by Gasteiger charge is 2.25. The number of carbonyl (C=O) groups is 1. The van der Waals surface area contributed by atoms with Gasteiger partial charge in [0.25, 0.3) is 0 Å². The van der Waals surface area contributed by atoms with Crippen LogP contribution in [0, 0.1) is 12.3 Å². The maximum Gasteiger partial charge on any atom is 0.236 e. The average Bonchev–Trinajstić information content (AvgIpc) is 2.46. The largest absolute Gasteiger partial charge is 0.338 e. The van der Waals surface area contributed by atoms with Crippen LogP contribution in [0.1, 0.15) is 30.0 Å². The molecule has 0 spiro atoms. The van der Waals surface area contributed by atoms with Crippen LogP contribution in [0.4, 0.5) is 0 Å². The summed E-state index contributed by atoms with van der Waals surface area (Å²) in [6, 6.07) is 8.61. The SMILES string of the molecule is C#CCNCC(=O)N(C)C1CCCc2ccccc21. The van der Waals surface area contributed by atoms with Crippen LogP contribution >= 0.6 is 0 Å². The molecule has 1 aromatic carbocycles. The molecule has 0 bridgehead atoms. The Morgan fingerprint density at radius 3 is 3.11 bits per heavy atom. The lowest BCUT2D eigenvalue weighted by Crippen LogP contribution is -2.39. The Hall–Kier alpha value is -1.79. The Morgan fingerprint density at radius 1 is 1.53 bits per heavy atom. The van der Waals surface area contributed by atoms with Gasteiger partial charge in [-0.05, 0) is 30.4 Å². The van der Waals surface area contributed by atoms with Gasteiger partial charge in [0, 0.05) is 7.05 Å². The monoisotopic (exact) mass is 256 g/mol. The van der Waals surface area contributed by atoms with Crippen molar-refractivity contribution in [2.45, 2.75) is 25.3 Å². The number of benzene rings is 1. The van der Waals surface area contributed by atoms with Crippen LogP contribution in [0.25, 0.3) is 0 Å². The van der Waals surface area contributed by atoms with Gasteiger partial charge in [0.1, 0.15) is 0 Å². The van der Waals surface area contributed by atoms with Gasteiger partial charge in [-0.2, -0.15) is 0 Å². The van der Waals surface area contributed by atoms with Crippen molar-refractivity contribution in [1.29, 1.82) is 0 Å². The van der Waals surface area contributed by atoms with E-state index < -0.39 is 0 Å². The topological polar surface area (TPSA) is 32.3 Å². The third kappa shape index (κ3) is 3.15. The van der Waals surface area contributed by atoms with Crippen LogP contribution in [-0.2, 0) is 11.2 Å². The van der Waals surface area contributed by atoms with Crippen molar-refractivity contribution in [3.05, 3.63) is 35.4 Å². The third-order valence-corrected chi connectivity index (χ3v) is 3.70. The number of rotatable bonds is 4. The second-order valence-electron chi connectivity index (χ2n) is 4.92. The van der Waals surface area contributed by atoms with E-state index in [4.69, 9.17) is 6.42 Å². The second kappa shape index (κ2) is 6.40. The molecule has 2 rings (SSSR count). The number of nitrogens with one attached hydrogen (secondary N) is 1. The Labute approximate surface area is 115 Å². The Balaban J connectivity index is 2.06. The van der Waals surface area contributed by atoms with Crippen LogP contribution in [0.15, 0.2) is 24.3 Å². The van der Waals surface area contributed by atoms with Crippen molar-refractivity contribution >= 4 is 5.91 Å². The molecular weight excluding hydrogens is 236 g/mol. The first-order chi connectivity index (χ1) is 9.24. The molecule has 19 heavy (non-hydrogen) atoms. The van der Waals surface area contributed by atoms with Gasteiger partial charge in [0.15, 0.2) is 0 Å². The highest BCUT2D eigenvalue weighted by atomic mass is 16.2. The summed E-state index contributed by atoms with van der Waals surface area (Å²) in [5, 5.41) is 2.95. The first-order valence-corrected chi connectivity index (χ1v) is 6.71. The summed E-state index contributed by atoms with van der Waals surface area (Å²) in [7, 11) is 1.88. The number of carbonyl (C=O) groups excluding carboxylic acids is 1. The minimum absolute atomic E-state index is 0.0944. The number of hydrogen-bond acceptors (Lipinski definition) is 2. The Bertz CT molecular complexity index is 490. The second-order valence-corrected chi connectivity index (χ2v) is 4.92. The maximum absolute atomic E-state index is 12.1. The molecule has 1 N–H and O–H groups in total. The molecule has 3 heteroatoms. The Morgan fingerprint density at radius 2 is 2.32 bits per heavy atom. The molecule has 100 valence electrons. The lowest BCUT2D eigenvalue weighted by Gasteiger charge is -2.33. The summed E-state index contributed by atoms with van der Waals surface area (Å²) >= 11 is 0. The minimum atomic E-state index is 0.0944. The van der Waals surface area contributed by atoms with Crippen molar-refractivity contribution < 1.29 is 4.79 Å². The predicted molar refractivity (Wildman–Crippen MR) is 76.6 cm³/mol. The van der Waals surface area contributed by atoms with Crippen molar-refractivity contribution in [3.63, 3.8) is 0 Å². The fraction of sp³-hybridized carbons (Fsp3) is 0.438. The molecule has 0 heterocycles. The minimum Gasteiger partial charge on any atom is -0.338 e. The van der Waals surface area contributed by atoms with Gasteiger partial charge in [-0.25, -0.2) is 0 Å². The summed E-state index contributed by atoms with van der Waals surface area (Å²) in [4.78, 5) is 14.0. The summed E-state index contributed by atoms with van der Waals surface area (Å²) < 4.78 is 0. The molecular formula is C16H20N2O. The quantitative estimate of drug-likeness (QED) is 0.657. The fourth-order valence-electron chi connectivity index (χ4n) is 2.67. The Kier molecular flexibility index (Phi) is 4.59. The fourth-order valence-corrected chi connectivity index (χ4v) is 2.67. The van der Waals surface area contributed by atoms with Gasteiger partial charge in [0.2, 0.25) is 5.91 Å². The third-order valence-electron chi connectivity index (χ3n) is 3.70. The van der Waals surface area contributed by atoms with E-state index in [9.17, 15) is 4.79 Å². The van der Waals surface area contributed by atoms with Crippen molar-refractivity contribution in [2.24, 2.45) is 0 Å². The lowest BCUT2D eigenvalue weighted by atomic mass is 9.87. The maximum atomic E-state index is 12.1. The normalized spacial score (nSPS) is 17.4. The van der Waals surface area contributed by atoms with Crippen LogP contribution in [0.5, 0.6) is 0 Å². The van der Waals surface area contributed by atoms with E-state index >= 15 is 0 Å². The molecule has 1 atom stereocenters. The molecule has 0 radical (unpaired) electrons. The van der Waals surface area contributed by atoms with Crippen LogP contribution in [0.2, 0.25) is 0 Å².